The Bertz CT molecular complexity index is 415. The predicted molar refractivity (Wildman–Crippen MR) is 68.9 cm³/mol. The van der Waals surface area contributed by atoms with Gasteiger partial charge in [-0.25, -0.2) is 0 Å². The molecule has 0 N–H and O–H groups in total. The molecule has 1 aromatic rings. The average Bonchev–Trinajstić information content (AvgIpc) is 2.24. The van der Waals surface area contributed by atoms with Gasteiger partial charge in [-0.15, -0.1) is 0 Å². The first kappa shape index (κ1) is 11.4. The van der Waals surface area contributed by atoms with Crippen molar-refractivity contribution >= 4 is 29.9 Å². The van der Waals surface area contributed by atoms with Gasteiger partial charge in [0.15, 0.2) is 0 Å². The topological polar surface area (TPSA) is 24.7 Å². The average molecular weight is 200 g/mol. The minimum absolute atomic E-state index is 0.894. The van der Waals surface area contributed by atoms with Gasteiger partial charge in [-0.05, 0) is 26.3 Å². The number of hydrogen-bond donors (Lipinski definition) is 0. The van der Waals surface area contributed by atoms with E-state index in [2.05, 4.69) is 16.6 Å². The summed E-state index contributed by atoms with van der Waals surface area (Å²) in [5, 5.41) is 0. The molecule has 0 atom stereocenters. The summed E-state index contributed by atoms with van der Waals surface area (Å²) in [4.78, 5) is 8.69. The van der Waals surface area contributed by atoms with E-state index in [9.17, 15) is 0 Å². The zero-order valence-corrected chi connectivity index (χ0v) is 9.49. The second-order valence-corrected chi connectivity index (χ2v) is 3.15. The summed E-state index contributed by atoms with van der Waals surface area (Å²) in [6.45, 7) is 9.61. The Kier molecular flexibility index (Phi) is 3.98. The Hall–Kier alpha value is -1.70. The second-order valence-electron chi connectivity index (χ2n) is 3.15. The lowest BCUT2D eigenvalue weighted by Crippen LogP contribution is -1.81. The molecule has 15 heavy (non-hydrogen) atoms. The minimum Gasteiger partial charge on any atom is -0.259 e. The molecule has 0 heterocycles. The summed E-state index contributed by atoms with van der Waals surface area (Å²) in [6.07, 6.45) is 5.36. The van der Waals surface area contributed by atoms with E-state index in [-0.39, 0.29) is 0 Å². The molecule has 1 aromatic carbocycles. The lowest BCUT2D eigenvalue weighted by molar-refractivity contribution is 1.36. The molecule has 0 fully saturated rings. The van der Waals surface area contributed by atoms with Crippen LogP contribution in [-0.4, -0.2) is 12.4 Å². The molecule has 78 valence electrons. The number of hydrogen-bond acceptors (Lipinski definition) is 2. The molecule has 0 saturated carbocycles. The largest absolute Gasteiger partial charge is 0.259 e. The van der Waals surface area contributed by atoms with Gasteiger partial charge in [0.05, 0.1) is 11.4 Å². The molecule has 0 aliphatic heterocycles. The van der Waals surface area contributed by atoms with E-state index in [1.807, 2.05) is 32.9 Å². The first-order valence-corrected chi connectivity index (χ1v) is 4.98. The Labute approximate surface area is 91.1 Å². The Balaban J connectivity index is 3.49. The first-order valence-electron chi connectivity index (χ1n) is 4.98. The van der Waals surface area contributed by atoms with Crippen LogP contribution in [0, 0.1) is 6.92 Å². The molecule has 2 nitrogen and oxygen atoms in total. The van der Waals surface area contributed by atoms with Crippen molar-refractivity contribution in [2.45, 2.75) is 20.8 Å². The molecule has 1 rings (SSSR count). The molecule has 0 bridgehead atoms. The van der Waals surface area contributed by atoms with E-state index in [0.717, 1.165) is 22.5 Å². The van der Waals surface area contributed by atoms with Gasteiger partial charge in [0.25, 0.3) is 0 Å². The zero-order valence-electron chi connectivity index (χ0n) is 9.49. The summed E-state index contributed by atoms with van der Waals surface area (Å²) in [5.41, 5.74) is 3.96. The van der Waals surface area contributed by atoms with Crippen LogP contribution in [0.4, 0.5) is 11.4 Å². The smallest absolute Gasteiger partial charge is 0.0956 e. The molecule has 0 saturated heterocycles. The third-order valence-corrected chi connectivity index (χ3v) is 2.12. The summed E-state index contributed by atoms with van der Waals surface area (Å²) >= 11 is 0. The van der Waals surface area contributed by atoms with Gasteiger partial charge in [0, 0.05) is 18.0 Å². The summed E-state index contributed by atoms with van der Waals surface area (Å²) < 4.78 is 0. The van der Waals surface area contributed by atoms with Crippen LogP contribution in [0.5, 0.6) is 0 Å². The van der Waals surface area contributed by atoms with E-state index in [1.165, 1.54) is 0 Å². The van der Waals surface area contributed by atoms with Gasteiger partial charge in [0.2, 0.25) is 0 Å². The molecule has 0 amide bonds. The quantitative estimate of drug-likeness (QED) is 0.657. The first-order chi connectivity index (χ1) is 7.24. The van der Waals surface area contributed by atoms with Gasteiger partial charge < -0.3 is 0 Å². The highest BCUT2D eigenvalue weighted by Gasteiger charge is 2.06. The predicted octanol–water partition coefficient (Wildman–Crippen LogP) is 4.08. The van der Waals surface area contributed by atoms with Crippen molar-refractivity contribution in [1.29, 1.82) is 0 Å². The number of aliphatic imine (C=N–C) groups is 2. The monoisotopic (exact) mass is 200 g/mol. The van der Waals surface area contributed by atoms with Crippen molar-refractivity contribution in [3.63, 3.8) is 0 Å². The second kappa shape index (κ2) is 5.25. The van der Waals surface area contributed by atoms with Crippen molar-refractivity contribution in [2.75, 3.05) is 0 Å². The minimum atomic E-state index is 0.894. The third-order valence-electron chi connectivity index (χ3n) is 2.12. The number of nitrogens with zero attached hydrogens (tertiary/aromatic N) is 2. The zero-order chi connectivity index (χ0) is 11.3. The van der Waals surface area contributed by atoms with Gasteiger partial charge in [-0.2, -0.15) is 0 Å². The van der Waals surface area contributed by atoms with Crippen molar-refractivity contribution in [1.82, 2.24) is 0 Å². The lowest BCUT2D eigenvalue weighted by Gasteiger charge is -2.07. The number of aryl methyl sites for hydroxylation is 1. The Morgan fingerprint density at radius 1 is 1.07 bits per heavy atom. The molecule has 0 unspecified atom stereocenters. The van der Waals surface area contributed by atoms with Crippen molar-refractivity contribution in [3.8, 4) is 0 Å². The number of benzene rings is 1. The van der Waals surface area contributed by atoms with Gasteiger partial charge in [0.1, 0.15) is 0 Å². The molecule has 0 aliphatic carbocycles. The Morgan fingerprint density at radius 2 is 1.67 bits per heavy atom. The fourth-order valence-electron chi connectivity index (χ4n) is 1.42. The van der Waals surface area contributed by atoms with Gasteiger partial charge in [-0.1, -0.05) is 24.8 Å². The fraction of sp³-hybridized carbons (Fsp3) is 0.231. The van der Waals surface area contributed by atoms with E-state index in [0.29, 0.717) is 0 Å². The van der Waals surface area contributed by atoms with Crippen LogP contribution in [0.25, 0.3) is 6.08 Å². The van der Waals surface area contributed by atoms with Crippen molar-refractivity contribution < 1.29 is 0 Å². The highest BCUT2D eigenvalue weighted by molar-refractivity contribution is 5.82. The van der Waals surface area contributed by atoms with Crippen LogP contribution >= 0.6 is 0 Å². The maximum Gasteiger partial charge on any atom is 0.0956 e. The SMILES string of the molecule is C=Cc1ccc(C)c(/N=C\C)c1/N=C\C. The highest BCUT2D eigenvalue weighted by atomic mass is 14.8. The fourth-order valence-corrected chi connectivity index (χ4v) is 1.42. The van der Waals surface area contributed by atoms with Crippen molar-refractivity contribution in [3.05, 3.63) is 29.8 Å². The van der Waals surface area contributed by atoms with Crippen LogP contribution in [0.2, 0.25) is 0 Å². The molecule has 2 heteroatoms. The standard InChI is InChI=1S/C13H16N2/c1-5-11-9-8-10(4)12(14-6-2)13(11)15-7-3/h5-9H,1H2,2-4H3/b14-6-,15-7-. The molecular formula is C13H16N2. The van der Waals surface area contributed by atoms with E-state index in [1.54, 1.807) is 18.5 Å². The van der Waals surface area contributed by atoms with Gasteiger partial charge in [-0.3, -0.25) is 9.98 Å². The van der Waals surface area contributed by atoms with Crippen LogP contribution < -0.4 is 0 Å². The maximum absolute atomic E-state index is 4.35. The molecular weight excluding hydrogens is 184 g/mol. The van der Waals surface area contributed by atoms with Crippen LogP contribution in [0.3, 0.4) is 0 Å². The van der Waals surface area contributed by atoms with Crippen LogP contribution in [0.15, 0.2) is 28.7 Å². The Morgan fingerprint density at radius 3 is 2.20 bits per heavy atom. The maximum atomic E-state index is 4.35. The van der Waals surface area contributed by atoms with E-state index >= 15 is 0 Å². The van der Waals surface area contributed by atoms with Crippen LogP contribution in [0.1, 0.15) is 25.0 Å². The molecule has 0 radical (unpaired) electrons. The summed E-state index contributed by atoms with van der Waals surface area (Å²) in [7, 11) is 0. The summed E-state index contributed by atoms with van der Waals surface area (Å²) in [6, 6.07) is 4.05. The number of rotatable bonds is 3. The van der Waals surface area contributed by atoms with Crippen LogP contribution in [-0.2, 0) is 0 Å². The van der Waals surface area contributed by atoms with Gasteiger partial charge >= 0.3 is 0 Å². The normalized spacial score (nSPS) is 11.4. The van der Waals surface area contributed by atoms with E-state index in [4.69, 9.17) is 0 Å². The lowest BCUT2D eigenvalue weighted by atomic mass is 10.1. The van der Waals surface area contributed by atoms with Crippen molar-refractivity contribution in [2.24, 2.45) is 9.98 Å². The molecule has 0 spiro atoms. The third kappa shape index (κ3) is 2.40. The summed E-state index contributed by atoms with van der Waals surface area (Å²) in [5.74, 6) is 0. The molecule has 0 aliphatic rings. The van der Waals surface area contributed by atoms with E-state index < -0.39 is 0 Å². The highest BCUT2D eigenvalue weighted by Crippen LogP contribution is 2.35. The molecule has 0 aromatic heterocycles.